The first-order valence-electron chi connectivity index (χ1n) is 5.85. The highest BCUT2D eigenvalue weighted by molar-refractivity contribution is 5.39. The molecule has 0 aliphatic carbocycles. The summed E-state index contributed by atoms with van der Waals surface area (Å²) in [6.07, 6.45) is 1.91. The van der Waals surface area contributed by atoms with Gasteiger partial charge < -0.3 is 15.2 Å². The van der Waals surface area contributed by atoms with Crippen molar-refractivity contribution < 1.29 is 14.2 Å². The lowest BCUT2D eigenvalue weighted by atomic mass is 9.86. The summed E-state index contributed by atoms with van der Waals surface area (Å²) in [6, 6.07) is 4.17. The minimum absolute atomic E-state index is 0.0572. The third-order valence-corrected chi connectivity index (χ3v) is 3.45. The number of rotatable bonds is 3. The largest absolute Gasteiger partial charge is 0.496 e. The van der Waals surface area contributed by atoms with E-state index in [0.29, 0.717) is 11.3 Å². The Morgan fingerprint density at radius 3 is 2.88 bits per heavy atom. The Bertz CT molecular complexity index is 400. The molecule has 2 N–H and O–H groups in total. The van der Waals surface area contributed by atoms with E-state index >= 15 is 0 Å². The average molecular weight is 239 g/mol. The molecule has 2 rings (SSSR count). The van der Waals surface area contributed by atoms with Crippen LogP contribution in [0.25, 0.3) is 0 Å². The molecule has 17 heavy (non-hydrogen) atoms. The van der Waals surface area contributed by atoms with Crippen LogP contribution >= 0.6 is 0 Å². The Hall–Kier alpha value is -1.13. The van der Waals surface area contributed by atoms with Crippen LogP contribution in [0.4, 0.5) is 4.39 Å². The maximum atomic E-state index is 13.3. The van der Waals surface area contributed by atoms with Crippen molar-refractivity contribution in [1.29, 1.82) is 0 Å². The molecule has 0 radical (unpaired) electrons. The van der Waals surface area contributed by atoms with Crippen LogP contribution in [-0.4, -0.2) is 24.8 Å². The summed E-state index contributed by atoms with van der Waals surface area (Å²) in [5.41, 5.74) is -0.622. The Morgan fingerprint density at radius 1 is 1.53 bits per heavy atom. The van der Waals surface area contributed by atoms with Gasteiger partial charge in [0.05, 0.1) is 7.11 Å². The summed E-state index contributed by atoms with van der Waals surface area (Å²) in [5.74, 6) is 0.157. The van der Waals surface area contributed by atoms with Gasteiger partial charge in [0, 0.05) is 11.6 Å². The van der Waals surface area contributed by atoms with E-state index in [1.165, 1.54) is 19.2 Å². The quantitative estimate of drug-likeness (QED) is 0.845. The second-order valence-corrected chi connectivity index (χ2v) is 4.64. The summed E-state index contributed by atoms with van der Waals surface area (Å²) in [5, 5.41) is 13.9. The first kappa shape index (κ1) is 12.3. The van der Waals surface area contributed by atoms with E-state index in [2.05, 4.69) is 5.32 Å². The fourth-order valence-corrected chi connectivity index (χ4v) is 2.43. The Labute approximate surface area is 101 Å². The molecule has 0 bridgehead atoms. The maximum absolute atomic E-state index is 13.3. The second kappa shape index (κ2) is 4.63. The van der Waals surface area contributed by atoms with E-state index in [1.54, 1.807) is 13.0 Å². The van der Waals surface area contributed by atoms with E-state index in [4.69, 9.17) is 4.74 Å². The van der Waals surface area contributed by atoms with E-state index in [1.807, 2.05) is 0 Å². The highest BCUT2D eigenvalue weighted by Crippen LogP contribution is 2.35. The van der Waals surface area contributed by atoms with Gasteiger partial charge in [-0.25, -0.2) is 4.39 Å². The molecular formula is C13H18FNO2. The molecule has 1 aromatic rings. The van der Waals surface area contributed by atoms with Crippen molar-refractivity contribution >= 4 is 0 Å². The van der Waals surface area contributed by atoms with Crippen molar-refractivity contribution in [3.05, 3.63) is 29.6 Å². The molecule has 2 atom stereocenters. The first-order chi connectivity index (χ1) is 8.05. The van der Waals surface area contributed by atoms with E-state index in [9.17, 15) is 9.50 Å². The minimum atomic E-state index is -1.12. The SMILES string of the molecule is COc1ccc(F)cc1C(C)(O)C1CCCN1. The smallest absolute Gasteiger partial charge is 0.125 e. The van der Waals surface area contributed by atoms with Crippen LogP contribution in [0.2, 0.25) is 0 Å². The summed E-state index contributed by atoms with van der Waals surface area (Å²) >= 11 is 0. The van der Waals surface area contributed by atoms with Crippen LogP contribution in [0.3, 0.4) is 0 Å². The standard InChI is InChI=1S/C13H18FNO2/c1-13(16,12-4-3-7-15-12)10-8-9(14)5-6-11(10)17-2/h5-6,8,12,15-16H,3-4,7H2,1-2H3. The number of aliphatic hydroxyl groups is 1. The third-order valence-electron chi connectivity index (χ3n) is 3.45. The van der Waals surface area contributed by atoms with Gasteiger partial charge in [-0.15, -0.1) is 0 Å². The number of nitrogens with one attached hydrogen (secondary N) is 1. The average Bonchev–Trinajstić information content (AvgIpc) is 2.83. The monoisotopic (exact) mass is 239 g/mol. The molecule has 4 heteroatoms. The molecule has 0 spiro atoms. The topological polar surface area (TPSA) is 41.5 Å². The summed E-state index contributed by atoms with van der Waals surface area (Å²) in [7, 11) is 1.52. The molecule has 3 nitrogen and oxygen atoms in total. The minimum Gasteiger partial charge on any atom is -0.496 e. The molecule has 1 fully saturated rings. The molecule has 1 heterocycles. The zero-order chi connectivity index (χ0) is 12.5. The van der Waals surface area contributed by atoms with Crippen LogP contribution < -0.4 is 10.1 Å². The highest BCUT2D eigenvalue weighted by atomic mass is 19.1. The Balaban J connectivity index is 2.39. The maximum Gasteiger partial charge on any atom is 0.125 e. The zero-order valence-corrected chi connectivity index (χ0v) is 10.2. The van der Waals surface area contributed by atoms with Crippen LogP contribution in [0.1, 0.15) is 25.3 Å². The number of halogens is 1. The molecule has 2 unspecified atom stereocenters. The summed E-state index contributed by atoms with van der Waals surface area (Å²) in [6.45, 7) is 2.59. The Kier molecular flexibility index (Phi) is 3.35. The summed E-state index contributed by atoms with van der Waals surface area (Å²) < 4.78 is 18.5. The van der Waals surface area contributed by atoms with Gasteiger partial charge in [-0.2, -0.15) is 0 Å². The Morgan fingerprint density at radius 2 is 2.29 bits per heavy atom. The first-order valence-corrected chi connectivity index (χ1v) is 5.85. The van der Waals surface area contributed by atoms with Crippen molar-refractivity contribution in [1.82, 2.24) is 5.32 Å². The predicted molar refractivity (Wildman–Crippen MR) is 63.5 cm³/mol. The van der Waals surface area contributed by atoms with Crippen LogP contribution in [0, 0.1) is 5.82 Å². The van der Waals surface area contributed by atoms with Gasteiger partial charge >= 0.3 is 0 Å². The van der Waals surface area contributed by atoms with Crippen molar-refractivity contribution in [2.75, 3.05) is 13.7 Å². The van der Waals surface area contributed by atoms with Crippen LogP contribution in [-0.2, 0) is 5.60 Å². The second-order valence-electron chi connectivity index (χ2n) is 4.64. The highest BCUT2D eigenvalue weighted by Gasteiger charge is 2.37. The molecule has 0 aromatic heterocycles. The van der Waals surface area contributed by atoms with Gasteiger partial charge in [0.25, 0.3) is 0 Å². The molecule has 1 aliphatic rings. The number of hydrogen-bond donors (Lipinski definition) is 2. The van der Waals surface area contributed by atoms with Gasteiger partial charge in [-0.05, 0) is 44.5 Å². The third kappa shape index (κ3) is 2.28. The normalized spacial score (nSPS) is 23.4. The number of ether oxygens (including phenoxy) is 1. The lowest BCUT2D eigenvalue weighted by molar-refractivity contribution is 0.0193. The molecule has 1 aliphatic heterocycles. The molecule has 1 saturated heterocycles. The molecule has 94 valence electrons. The summed E-state index contributed by atoms with van der Waals surface area (Å²) in [4.78, 5) is 0. The van der Waals surface area contributed by atoms with E-state index < -0.39 is 5.60 Å². The van der Waals surface area contributed by atoms with Gasteiger partial charge in [0.1, 0.15) is 17.2 Å². The fourth-order valence-electron chi connectivity index (χ4n) is 2.43. The molecular weight excluding hydrogens is 221 g/mol. The van der Waals surface area contributed by atoms with Gasteiger partial charge in [-0.3, -0.25) is 0 Å². The van der Waals surface area contributed by atoms with Crippen LogP contribution in [0.15, 0.2) is 18.2 Å². The lowest BCUT2D eigenvalue weighted by Crippen LogP contribution is -2.43. The van der Waals surface area contributed by atoms with Crippen molar-refractivity contribution in [3.8, 4) is 5.75 Å². The van der Waals surface area contributed by atoms with Gasteiger partial charge in [-0.1, -0.05) is 0 Å². The van der Waals surface area contributed by atoms with E-state index in [0.717, 1.165) is 19.4 Å². The van der Waals surface area contributed by atoms with Crippen molar-refractivity contribution in [2.45, 2.75) is 31.4 Å². The van der Waals surface area contributed by atoms with Gasteiger partial charge in [0.2, 0.25) is 0 Å². The van der Waals surface area contributed by atoms with Crippen molar-refractivity contribution in [2.24, 2.45) is 0 Å². The molecule has 0 amide bonds. The zero-order valence-electron chi connectivity index (χ0n) is 10.2. The number of hydrogen-bond acceptors (Lipinski definition) is 3. The van der Waals surface area contributed by atoms with Crippen LogP contribution in [0.5, 0.6) is 5.75 Å². The molecule has 0 saturated carbocycles. The lowest BCUT2D eigenvalue weighted by Gasteiger charge is -2.31. The fraction of sp³-hybridized carbons (Fsp3) is 0.538. The van der Waals surface area contributed by atoms with E-state index in [-0.39, 0.29) is 11.9 Å². The number of benzene rings is 1. The van der Waals surface area contributed by atoms with Crippen molar-refractivity contribution in [3.63, 3.8) is 0 Å². The predicted octanol–water partition coefficient (Wildman–Crippen LogP) is 1.79. The van der Waals surface area contributed by atoms with Gasteiger partial charge in [0.15, 0.2) is 0 Å². The number of methoxy groups -OCH3 is 1. The molecule has 1 aromatic carbocycles.